The molecule has 0 saturated heterocycles. The molecular formula is C12H19NO4. The van der Waals surface area contributed by atoms with Crippen molar-refractivity contribution in [3.05, 3.63) is 24.3 Å². The van der Waals surface area contributed by atoms with Crippen LogP contribution in [0.1, 0.15) is 27.2 Å². The van der Waals surface area contributed by atoms with E-state index in [1.807, 2.05) is 0 Å². The van der Waals surface area contributed by atoms with Crippen LogP contribution in [0.4, 0.5) is 4.79 Å². The predicted octanol–water partition coefficient (Wildman–Crippen LogP) is 2.10. The van der Waals surface area contributed by atoms with Crippen molar-refractivity contribution in [3.8, 4) is 0 Å². The highest BCUT2D eigenvalue weighted by Gasteiger charge is 2.14. The minimum atomic E-state index is -0.985. The summed E-state index contributed by atoms with van der Waals surface area (Å²) in [6.45, 7) is 5.84. The Labute approximate surface area is 101 Å². The lowest BCUT2D eigenvalue weighted by Gasteiger charge is -2.19. The van der Waals surface area contributed by atoms with E-state index in [4.69, 9.17) is 9.84 Å². The summed E-state index contributed by atoms with van der Waals surface area (Å²) in [6.07, 6.45) is 6.00. The van der Waals surface area contributed by atoms with Crippen LogP contribution in [0.5, 0.6) is 0 Å². The lowest BCUT2D eigenvalue weighted by atomic mass is 10.2. The summed E-state index contributed by atoms with van der Waals surface area (Å²) in [5, 5.41) is 10.9. The first-order chi connectivity index (χ1) is 7.81. The zero-order valence-electron chi connectivity index (χ0n) is 10.4. The van der Waals surface area contributed by atoms with E-state index in [0.29, 0.717) is 13.0 Å². The Bertz CT molecular complexity index is 313. The number of amides is 1. The molecule has 0 rings (SSSR count). The molecule has 0 aromatic carbocycles. The molecular weight excluding hydrogens is 222 g/mol. The van der Waals surface area contributed by atoms with Gasteiger partial charge in [0.15, 0.2) is 0 Å². The van der Waals surface area contributed by atoms with Gasteiger partial charge in [0.25, 0.3) is 0 Å². The summed E-state index contributed by atoms with van der Waals surface area (Å²) in [5.74, 6) is -0.985. The number of hydrogen-bond acceptors (Lipinski definition) is 3. The van der Waals surface area contributed by atoms with Gasteiger partial charge in [0, 0.05) is 12.6 Å². The smallest absolute Gasteiger partial charge is 0.407 e. The number of nitrogens with one attached hydrogen (secondary N) is 1. The van der Waals surface area contributed by atoms with E-state index < -0.39 is 17.7 Å². The minimum absolute atomic E-state index is 0.451. The third kappa shape index (κ3) is 12.2. The summed E-state index contributed by atoms with van der Waals surface area (Å²) in [4.78, 5) is 21.3. The lowest BCUT2D eigenvalue weighted by Crippen LogP contribution is -2.32. The fourth-order valence-corrected chi connectivity index (χ4v) is 0.884. The van der Waals surface area contributed by atoms with Gasteiger partial charge in [-0.2, -0.15) is 0 Å². The molecule has 1 amide bonds. The molecule has 0 aliphatic rings. The SMILES string of the molecule is CC(C)(C)OC(=O)NCCC=CC=CC(=O)O. The van der Waals surface area contributed by atoms with Gasteiger partial charge < -0.3 is 15.2 Å². The summed E-state index contributed by atoms with van der Waals surface area (Å²) in [6, 6.07) is 0. The van der Waals surface area contributed by atoms with E-state index in [2.05, 4.69) is 5.32 Å². The molecule has 0 aliphatic heterocycles. The van der Waals surface area contributed by atoms with Crippen LogP contribution in [-0.4, -0.2) is 29.3 Å². The number of carboxylic acids is 1. The van der Waals surface area contributed by atoms with Crippen LogP contribution >= 0.6 is 0 Å². The highest BCUT2D eigenvalue weighted by molar-refractivity contribution is 5.80. The largest absolute Gasteiger partial charge is 0.478 e. The number of aliphatic carboxylic acids is 1. The quantitative estimate of drug-likeness (QED) is 0.439. The van der Waals surface area contributed by atoms with Gasteiger partial charge in [-0.3, -0.25) is 0 Å². The van der Waals surface area contributed by atoms with Gasteiger partial charge in [-0.05, 0) is 27.2 Å². The second-order valence-corrected chi connectivity index (χ2v) is 4.34. The molecule has 0 aromatic heterocycles. The van der Waals surface area contributed by atoms with Crippen molar-refractivity contribution < 1.29 is 19.4 Å². The van der Waals surface area contributed by atoms with Gasteiger partial charge in [0.1, 0.15) is 5.60 Å². The Kier molecular flexibility index (Phi) is 6.70. The summed E-state index contributed by atoms with van der Waals surface area (Å²) >= 11 is 0. The number of rotatable bonds is 5. The fourth-order valence-electron chi connectivity index (χ4n) is 0.884. The average Bonchev–Trinajstić information content (AvgIpc) is 2.12. The van der Waals surface area contributed by atoms with E-state index in [-0.39, 0.29) is 0 Å². The average molecular weight is 241 g/mol. The van der Waals surface area contributed by atoms with E-state index in [1.165, 1.54) is 6.08 Å². The summed E-state index contributed by atoms with van der Waals surface area (Å²) < 4.78 is 5.03. The number of alkyl carbamates (subject to hydrolysis) is 1. The van der Waals surface area contributed by atoms with Crippen LogP contribution in [0.2, 0.25) is 0 Å². The molecule has 0 unspecified atom stereocenters. The maximum atomic E-state index is 11.2. The number of ether oxygens (including phenoxy) is 1. The summed E-state index contributed by atoms with van der Waals surface area (Å²) in [7, 11) is 0. The van der Waals surface area contributed by atoms with Crippen molar-refractivity contribution in [2.45, 2.75) is 32.8 Å². The third-order valence-electron chi connectivity index (χ3n) is 1.47. The lowest BCUT2D eigenvalue weighted by molar-refractivity contribution is -0.131. The molecule has 0 aliphatic carbocycles. The second-order valence-electron chi connectivity index (χ2n) is 4.34. The van der Waals surface area contributed by atoms with Crippen molar-refractivity contribution in [2.24, 2.45) is 0 Å². The van der Waals surface area contributed by atoms with Crippen molar-refractivity contribution in [1.29, 1.82) is 0 Å². The van der Waals surface area contributed by atoms with E-state index in [0.717, 1.165) is 6.08 Å². The normalized spacial score (nSPS) is 11.9. The van der Waals surface area contributed by atoms with Crippen LogP contribution in [0.25, 0.3) is 0 Å². The first kappa shape index (κ1) is 15.2. The maximum absolute atomic E-state index is 11.2. The highest BCUT2D eigenvalue weighted by atomic mass is 16.6. The number of carbonyl (C=O) groups excluding carboxylic acids is 1. The van der Waals surface area contributed by atoms with Gasteiger partial charge in [-0.15, -0.1) is 0 Å². The molecule has 96 valence electrons. The van der Waals surface area contributed by atoms with Crippen LogP contribution in [0.15, 0.2) is 24.3 Å². The van der Waals surface area contributed by atoms with Gasteiger partial charge in [0.05, 0.1) is 0 Å². The molecule has 0 atom stereocenters. The predicted molar refractivity (Wildman–Crippen MR) is 64.8 cm³/mol. The highest BCUT2D eigenvalue weighted by Crippen LogP contribution is 2.06. The van der Waals surface area contributed by atoms with Crippen LogP contribution in [0, 0.1) is 0 Å². The van der Waals surface area contributed by atoms with Crippen molar-refractivity contribution in [3.63, 3.8) is 0 Å². The molecule has 17 heavy (non-hydrogen) atoms. The molecule has 0 radical (unpaired) electrons. The number of hydrogen-bond donors (Lipinski definition) is 2. The summed E-state index contributed by atoms with van der Waals surface area (Å²) in [5.41, 5.74) is -0.496. The van der Waals surface area contributed by atoms with Crippen LogP contribution in [0.3, 0.4) is 0 Å². The maximum Gasteiger partial charge on any atom is 0.407 e. The zero-order chi connectivity index (χ0) is 13.3. The Balaban J connectivity index is 3.65. The number of allylic oxidation sites excluding steroid dienone is 2. The minimum Gasteiger partial charge on any atom is -0.478 e. The first-order valence-electron chi connectivity index (χ1n) is 5.34. The molecule has 5 nitrogen and oxygen atoms in total. The van der Waals surface area contributed by atoms with Crippen LogP contribution < -0.4 is 5.32 Å². The van der Waals surface area contributed by atoms with E-state index in [1.54, 1.807) is 32.9 Å². The molecule has 0 aromatic rings. The second kappa shape index (κ2) is 7.49. The van der Waals surface area contributed by atoms with Gasteiger partial charge in [0.2, 0.25) is 0 Å². The van der Waals surface area contributed by atoms with Crippen molar-refractivity contribution in [2.75, 3.05) is 6.54 Å². The molecule has 0 fully saturated rings. The van der Waals surface area contributed by atoms with E-state index in [9.17, 15) is 9.59 Å². The van der Waals surface area contributed by atoms with Crippen molar-refractivity contribution in [1.82, 2.24) is 5.32 Å². The fraction of sp³-hybridized carbons (Fsp3) is 0.500. The van der Waals surface area contributed by atoms with Gasteiger partial charge in [-0.25, -0.2) is 9.59 Å². The Morgan fingerprint density at radius 3 is 2.47 bits per heavy atom. The molecule has 5 heteroatoms. The van der Waals surface area contributed by atoms with Crippen molar-refractivity contribution >= 4 is 12.1 Å². The molecule has 0 saturated carbocycles. The number of carboxylic acid groups (broad SMARTS) is 1. The molecule has 0 heterocycles. The van der Waals surface area contributed by atoms with Crippen LogP contribution in [-0.2, 0) is 9.53 Å². The Morgan fingerprint density at radius 1 is 1.29 bits per heavy atom. The molecule has 0 spiro atoms. The molecule has 2 N–H and O–H groups in total. The Morgan fingerprint density at radius 2 is 1.94 bits per heavy atom. The topological polar surface area (TPSA) is 75.6 Å². The first-order valence-corrected chi connectivity index (χ1v) is 5.34. The standard InChI is InChI=1S/C12H19NO4/c1-12(2,3)17-11(16)13-9-7-5-4-6-8-10(14)15/h4-6,8H,7,9H2,1-3H3,(H,13,16)(H,14,15). The third-order valence-corrected chi connectivity index (χ3v) is 1.47. The van der Waals surface area contributed by atoms with Gasteiger partial charge >= 0.3 is 12.1 Å². The zero-order valence-corrected chi connectivity index (χ0v) is 10.4. The number of carbonyl (C=O) groups is 2. The Hall–Kier alpha value is -1.78. The monoisotopic (exact) mass is 241 g/mol. The van der Waals surface area contributed by atoms with E-state index >= 15 is 0 Å². The van der Waals surface area contributed by atoms with Gasteiger partial charge in [-0.1, -0.05) is 18.2 Å². The molecule has 0 bridgehead atoms.